The largest absolute Gasteiger partial charge is 0.340 e. The van der Waals surface area contributed by atoms with Crippen LogP contribution in [0.2, 0.25) is 10.0 Å². The second-order valence-corrected chi connectivity index (χ2v) is 5.73. The van der Waals surface area contributed by atoms with Crippen LogP contribution in [0, 0.1) is 0 Å². The Morgan fingerprint density at radius 3 is 2.29 bits per heavy atom. The monoisotopic (exact) mass is 322 g/mol. The first kappa shape index (κ1) is 15.8. The summed E-state index contributed by atoms with van der Waals surface area (Å²) in [7, 11) is 1.71. The number of rotatable bonds is 4. The number of hydrogen-bond acceptors (Lipinski definition) is 2. The summed E-state index contributed by atoms with van der Waals surface area (Å²) in [6.07, 6.45) is 0. The van der Waals surface area contributed by atoms with E-state index < -0.39 is 6.04 Å². The average molecular weight is 323 g/mol. The Labute approximate surface area is 134 Å². The van der Waals surface area contributed by atoms with E-state index in [0.29, 0.717) is 16.6 Å². The van der Waals surface area contributed by atoms with Crippen molar-refractivity contribution in [1.29, 1.82) is 0 Å². The molecule has 2 aromatic rings. The van der Waals surface area contributed by atoms with Crippen molar-refractivity contribution < 1.29 is 4.79 Å². The molecular weight excluding hydrogens is 307 g/mol. The molecule has 0 aliphatic carbocycles. The van der Waals surface area contributed by atoms with Gasteiger partial charge in [0, 0.05) is 23.6 Å². The molecule has 0 radical (unpaired) electrons. The molecule has 0 heterocycles. The number of nitrogens with two attached hydrogens (primary N) is 1. The quantitative estimate of drug-likeness (QED) is 0.933. The van der Waals surface area contributed by atoms with Crippen LogP contribution in [0.4, 0.5) is 0 Å². The van der Waals surface area contributed by atoms with E-state index in [9.17, 15) is 4.79 Å². The van der Waals surface area contributed by atoms with Gasteiger partial charge in [-0.3, -0.25) is 4.79 Å². The van der Waals surface area contributed by atoms with Gasteiger partial charge in [-0.2, -0.15) is 0 Å². The molecule has 0 bridgehead atoms. The topological polar surface area (TPSA) is 46.3 Å². The number of amides is 1. The van der Waals surface area contributed by atoms with Gasteiger partial charge in [0.05, 0.1) is 0 Å². The summed E-state index contributed by atoms with van der Waals surface area (Å²) in [4.78, 5) is 13.9. The number of likely N-dealkylation sites (N-methyl/N-ethyl adjacent to an activating group) is 1. The lowest BCUT2D eigenvalue weighted by atomic mass is 10.1. The number of carbonyl (C=O) groups excluding carboxylic acids is 1. The molecule has 0 aliphatic heterocycles. The standard InChI is InChI=1S/C16H16Cl2N2O/c1-20(10-11-7-13(17)9-14(18)8-11)16(21)15(19)12-5-3-2-4-6-12/h2-9,15H,10,19H2,1H3/t15-/m1/s1. The van der Waals surface area contributed by atoms with Crippen molar-refractivity contribution in [3.05, 3.63) is 69.7 Å². The van der Waals surface area contributed by atoms with Crippen LogP contribution in [0.15, 0.2) is 48.5 Å². The zero-order chi connectivity index (χ0) is 15.4. The van der Waals surface area contributed by atoms with Crippen molar-refractivity contribution in [2.75, 3.05) is 7.05 Å². The molecule has 0 spiro atoms. The highest BCUT2D eigenvalue weighted by molar-refractivity contribution is 6.34. The molecule has 2 N–H and O–H groups in total. The van der Waals surface area contributed by atoms with Crippen molar-refractivity contribution in [2.24, 2.45) is 5.73 Å². The van der Waals surface area contributed by atoms with Crippen molar-refractivity contribution in [3.63, 3.8) is 0 Å². The first-order chi connectivity index (χ1) is 9.97. The van der Waals surface area contributed by atoms with E-state index in [1.807, 2.05) is 30.3 Å². The Bertz CT molecular complexity index is 611. The van der Waals surface area contributed by atoms with Gasteiger partial charge < -0.3 is 10.6 Å². The lowest BCUT2D eigenvalue weighted by Crippen LogP contribution is -2.35. The maximum Gasteiger partial charge on any atom is 0.244 e. The summed E-state index contributed by atoms with van der Waals surface area (Å²) in [6, 6.07) is 13.8. The molecular formula is C16H16Cl2N2O. The van der Waals surface area contributed by atoms with Crippen molar-refractivity contribution in [2.45, 2.75) is 12.6 Å². The summed E-state index contributed by atoms with van der Waals surface area (Å²) >= 11 is 11.9. The van der Waals surface area contributed by atoms with Crippen LogP contribution in [0.3, 0.4) is 0 Å². The lowest BCUT2D eigenvalue weighted by molar-refractivity contribution is -0.131. The molecule has 0 aliphatic rings. The van der Waals surface area contributed by atoms with Crippen LogP contribution < -0.4 is 5.73 Å². The summed E-state index contributed by atoms with van der Waals surface area (Å²) < 4.78 is 0. The predicted octanol–water partition coefficient (Wildman–Crippen LogP) is 3.65. The van der Waals surface area contributed by atoms with Crippen LogP contribution in [0.5, 0.6) is 0 Å². The van der Waals surface area contributed by atoms with Gasteiger partial charge in [0.2, 0.25) is 5.91 Å². The second kappa shape index (κ2) is 6.94. The molecule has 0 saturated carbocycles. The zero-order valence-electron chi connectivity index (χ0n) is 11.6. The molecule has 2 aromatic carbocycles. The molecule has 5 heteroatoms. The summed E-state index contributed by atoms with van der Waals surface area (Å²) in [5, 5.41) is 1.09. The minimum absolute atomic E-state index is 0.155. The molecule has 2 rings (SSSR count). The Morgan fingerprint density at radius 1 is 1.14 bits per heavy atom. The predicted molar refractivity (Wildman–Crippen MR) is 86.3 cm³/mol. The Balaban J connectivity index is 2.09. The minimum atomic E-state index is -0.675. The van der Waals surface area contributed by atoms with E-state index in [1.54, 1.807) is 30.1 Å². The Morgan fingerprint density at radius 2 is 1.71 bits per heavy atom. The molecule has 1 amide bonds. The van der Waals surface area contributed by atoms with Gasteiger partial charge in [0.1, 0.15) is 6.04 Å². The third-order valence-corrected chi connectivity index (χ3v) is 3.58. The van der Waals surface area contributed by atoms with Gasteiger partial charge in [0.15, 0.2) is 0 Å². The Hall–Kier alpha value is -1.55. The number of halogens is 2. The van der Waals surface area contributed by atoms with Gasteiger partial charge in [0.25, 0.3) is 0 Å². The van der Waals surface area contributed by atoms with Gasteiger partial charge in [-0.05, 0) is 29.3 Å². The molecule has 0 fully saturated rings. The average Bonchev–Trinajstić information content (AvgIpc) is 2.45. The highest BCUT2D eigenvalue weighted by Crippen LogP contribution is 2.21. The smallest absolute Gasteiger partial charge is 0.244 e. The van der Waals surface area contributed by atoms with E-state index in [2.05, 4.69) is 0 Å². The number of nitrogens with zero attached hydrogens (tertiary/aromatic N) is 1. The highest BCUT2D eigenvalue weighted by Gasteiger charge is 2.19. The number of hydrogen-bond donors (Lipinski definition) is 1. The Kier molecular flexibility index (Phi) is 5.23. The summed E-state index contributed by atoms with van der Waals surface area (Å²) in [5.74, 6) is -0.155. The third-order valence-electron chi connectivity index (χ3n) is 3.14. The number of carbonyl (C=O) groups is 1. The first-order valence-electron chi connectivity index (χ1n) is 6.48. The molecule has 3 nitrogen and oxygen atoms in total. The fourth-order valence-corrected chi connectivity index (χ4v) is 2.67. The van der Waals surface area contributed by atoms with Gasteiger partial charge in [-0.25, -0.2) is 0 Å². The fraction of sp³-hybridized carbons (Fsp3) is 0.188. The molecule has 21 heavy (non-hydrogen) atoms. The molecule has 0 saturated heterocycles. The van der Waals surface area contributed by atoms with Gasteiger partial charge in [-0.1, -0.05) is 53.5 Å². The third kappa shape index (κ3) is 4.21. The maximum absolute atomic E-state index is 12.4. The lowest BCUT2D eigenvalue weighted by Gasteiger charge is -2.22. The molecule has 110 valence electrons. The number of benzene rings is 2. The van der Waals surface area contributed by atoms with Crippen molar-refractivity contribution in [3.8, 4) is 0 Å². The minimum Gasteiger partial charge on any atom is -0.340 e. The van der Waals surface area contributed by atoms with E-state index in [4.69, 9.17) is 28.9 Å². The van der Waals surface area contributed by atoms with Crippen molar-refractivity contribution >= 4 is 29.1 Å². The van der Waals surface area contributed by atoms with Crippen LogP contribution in [0.25, 0.3) is 0 Å². The van der Waals surface area contributed by atoms with Crippen molar-refractivity contribution in [1.82, 2.24) is 4.90 Å². The molecule has 0 unspecified atom stereocenters. The van der Waals surface area contributed by atoms with Gasteiger partial charge >= 0.3 is 0 Å². The van der Waals surface area contributed by atoms with Crippen LogP contribution in [0.1, 0.15) is 17.2 Å². The second-order valence-electron chi connectivity index (χ2n) is 4.86. The van der Waals surface area contributed by atoms with Crippen LogP contribution >= 0.6 is 23.2 Å². The normalized spacial score (nSPS) is 12.0. The van der Waals surface area contributed by atoms with E-state index in [0.717, 1.165) is 11.1 Å². The van der Waals surface area contributed by atoms with Crippen LogP contribution in [-0.2, 0) is 11.3 Å². The molecule has 1 atom stereocenters. The van der Waals surface area contributed by atoms with E-state index >= 15 is 0 Å². The zero-order valence-corrected chi connectivity index (χ0v) is 13.1. The van der Waals surface area contributed by atoms with E-state index in [1.165, 1.54) is 0 Å². The molecule has 0 aromatic heterocycles. The fourth-order valence-electron chi connectivity index (χ4n) is 2.09. The highest BCUT2D eigenvalue weighted by atomic mass is 35.5. The maximum atomic E-state index is 12.4. The summed E-state index contributed by atoms with van der Waals surface area (Å²) in [5.41, 5.74) is 7.66. The van der Waals surface area contributed by atoms with Crippen LogP contribution in [-0.4, -0.2) is 17.9 Å². The first-order valence-corrected chi connectivity index (χ1v) is 7.23. The van der Waals surface area contributed by atoms with Gasteiger partial charge in [-0.15, -0.1) is 0 Å². The van der Waals surface area contributed by atoms with E-state index in [-0.39, 0.29) is 5.91 Å². The SMILES string of the molecule is CN(Cc1cc(Cl)cc(Cl)c1)C(=O)[C@H](N)c1ccccc1. The summed E-state index contributed by atoms with van der Waals surface area (Å²) in [6.45, 7) is 0.402.